The molecule has 0 saturated carbocycles. The third-order valence-electron chi connectivity index (χ3n) is 4.95. The first-order valence-corrected chi connectivity index (χ1v) is 9.02. The van der Waals surface area contributed by atoms with Crippen molar-refractivity contribution < 1.29 is 8.37 Å². The van der Waals surface area contributed by atoms with E-state index in [1.165, 1.54) is 19.3 Å². The Hall–Kier alpha value is -0.890. The normalized spacial score (nSPS) is 34.9. The van der Waals surface area contributed by atoms with E-state index < -0.39 is 0 Å². The zero-order valence-corrected chi connectivity index (χ0v) is 14.5. The molecule has 0 radical (unpaired) electrons. The van der Waals surface area contributed by atoms with Gasteiger partial charge in [-0.15, -0.1) is 0 Å². The van der Waals surface area contributed by atoms with Crippen LogP contribution in [0.1, 0.15) is 52.9 Å². The van der Waals surface area contributed by atoms with Crippen LogP contribution in [-0.4, -0.2) is 29.1 Å². The quantitative estimate of drug-likeness (QED) is 0.533. The molecule has 3 atom stereocenters. The van der Waals surface area contributed by atoms with Crippen LogP contribution in [0.2, 0.25) is 0 Å². The molecule has 1 unspecified atom stereocenters. The Morgan fingerprint density at radius 2 is 2.32 bits per heavy atom. The molecular formula is C18H25NO2S. The lowest BCUT2D eigenvalue weighted by molar-refractivity contribution is -0.00803. The lowest BCUT2D eigenvalue weighted by Crippen LogP contribution is -2.56. The summed E-state index contributed by atoms with van der Waals surface area (Å²) in [7, 11) is 0. The summed E-state index contributed by atoms with van der Waals surface area (Å²) >= 11 is 1.10. The molecule has 0 N–H and O–H groups in total. The van der Waals surface area contributed by atoms with Crippen LogP contribution < -0.4 is 0 Å². The van der Waals surface area contributed by atoms with E-state index in [-0.39, 0.29) is 5.60 Å². The van der Waals surface area contributed by atoms with Gasteiger partial charge in [0.1, 0.15) is 11.9 Å². The Morgan fingerprint density at radius 3 is 3.14 bits per heavy atom. The molecule has 0 aromatic carbocycles. The van der Waals surface area contributed by atoms with Gasteiger partial charge in [0.15, 0.2) is 0 Å². The molecule has 1 saturated heterocycles. The van der Waals surface area contributed by atoms with Crippen LogP contribution in [0, 0.1) is 11.8 Å². The molecule has 0 amide bonds. The number of hydrogen-bond acceptors (Lipinski definition) is 4. The monoisotopic (exact) mass is 319 g/mol. The third kappa shape index (κ3) is 2.82. The summed E-state index contributed by atoms with van der Waals surface area (Å²) in [5.74, 6) is 6.66. The number of nitrogens with zero attached hydrogens (tertiary/aromatic N) is 1. The summed E-state index contributed by atoms with van der Waals surface area (Å²) < 4.78 is 11.5. The summed E-state index contributed by atoms with van der Waals surface area (Å²) in [6.45, 7) is 7.77. The highest BCUT2D eigenvalue weighted by Gasteiger charge is 2.49. The minimum absolute atomic E-state index is 0.346. The molecule has 22 heavy (non-hydrogen) atoms. The predicted molar refractivity (Wildman–Crippen MR) is 90.8 cm³/mol. The maximum atomic E-state index is 6.08. The number of piperidine rings is 1. The molecule has 0 aromatic rings. The second-order valence-corrected chi connectivity index (χ2v) is 7.00. The fourth-order valence-corrected chi connectivity index (χ4v) is 4.25. The Labute approximate surface area is 138 Å². The van der Waals surface area contributed by atoms with Gasteiger partial charge in [-0.05, 0) is 39.7 Å². The smallest absolute Gasteiger partial charge is 0.225 e. The van der Waals surface area contributed by atoms with Crippen LogP contribution in [0.3, 0.4) is 0 Å². The highest BCUT2D eigenvalue weighted by Crippen LogP contribution is 2.45. The summed E-state index contributed by atoms with van der Waals surface area (Å²) in [4.78, 5) is 2.58. The molecule has 0 aliphatic carbocycles. The molecule has 0 bridgehead atoms. The standard InChI is InChI=1S/C18H25NO2S/c1-4-5-6-9-15-12-14(2)19-11-8-7-10-17(19)18(3)16(15)13-20-22-21-18/h12-14,17H,4-5,7-8,10-11H2,1-3H3/t14-,17?,18-/m0/s1. The maximum Gasteiger partial charge on any atom is 0.225 e. The lowest BCUT2D eigenvalue weighted by Gasteiger charge is -2.47. The first-order chi connectivity index (χ1) is 10.7. The molecule has 4 heteroatoms. The molecule has 3 heterocycles. The zero-order chi connectivity index (χ0) is 15.6. The van der Waals surface area contributed by atoms with Gasteiger partial charge in [0.25, 0.3) is 0 Å². The van der Waals surface area contributed by atoms with Crippen LogP contribution in [-0.2, 0) is 8.37 Å². The molecule has 3 aliphatic heterocycles. The van der Waals surface area contributed by atoms with E-state index in [1.54, 1.807) is 0 Å². The minimum Gasteiger partial charge on any atom is -0.408 e. The Bertz CT molecular complexity index is 545. The van der Waals surface area contributed by atoms with Crippen LogP contribution in [0.15, 0.2) is 23.5 Å². The largest absolute Gasteiger partial charge is 0.408 e. The highest BCUT2D eigenvalue weighted by atomic mass is 32.2. The average Bonchev–Trinajstić information content (AvgIpc) is 2.63. The Kier molecular flexibility index (Phi) is 4.87. The third-order valence-corrected chi connectivity index (χ3v) is 5.54. The van der Waals surface area contributed by atoms with Gasteiger partial charge in [-0.1, -0.05) is 31.3 Å². The van der Waals surface area contributed by atoms with Crippen LogP contribution >= 0.6 is 12.3 Å². The van der Waals surface area contributed by atoms with Crippen molar-refractivity contribution >= 4 is 12.3 Å². The van der Waals surface area contributed by atoms with Crippen molar-refractivity contribution in [1.82, 2.24) is 4.90 Å². The molecule has 0 aromatic heterocycles. The number of unbranched alkanes of at least 4 members (excludes halogenated alkanes) is 1. The summed E-state index contributed by atoms with van der Waals surface area (Å²) in [6, 6.07) is 0.772. The second kappa shape index (κ2) is 6.70. The average molecular weight is 319 g/mol. The van der Waals surface area contributed by atoms with Crippen molar-refractivity contribution in [2.75, 3.05) is 6.54 Å². The number of rotatable bonds is 1. The van der Waals surface area contributed by atoms with Crippen molar-refractivity contribution in [1.29, 1.82) is 0 Å². The topological polar surface area (TPSA) is 21.7 Å². The van der Waals surface area contributed by atoms with Crippen molar-refractivity contribution in [3.05, 3.63) is 23.5 Å². The molecule has 3 nitrogen and oxygen atoms in total. The van der Waals surface area contributed by atoms with E-state index in [1.807, 2.05) is 6.26 Å². The van der Waals surface area contributed by atoms with Gasteiger partial charge in [0.2, 0.25) is 12.3 Å². The van der Waals surface area contributed by atoms with Gasteiger partial charge in [0, 0.05) is 29.7 Å². The summed E-state index contributed by atoms with van der Waals surface area (Å²) in [6.07, 6.45) is 9.87. The number of fused-ring (bicyclic) bond motifs is 3. The highest BCUT2D eigenvalue weighted by molar-refractivity contribution is 7.90. The minimum atomic E-state index is -0.346. The molecule has 120 valence electrons. The fraction of sp³-hybridized carbons (Fsp3) is 0.667. The zero-order valence-electron chi connectivity index (χ0n) is 13.7. The molecular weight excluding hydrogens is 294 g/mol. The fourth-order valence-electron chi connectivity index (χ4n) is 3.74. The van der Waals surface area contributed by atoms with E-state index >= 15 is 0 Å². The van der Waals surface area contributed by atoms with Gasteiger partial charge < -0.3 is 4.18 Å². The van der Waals surface area contributed by atoms with Crippen molar-refractivity contribution in [2.45, 2.75) is 70.6 Å². The van der Waals surface area contributed by atoms with Gasteiger partial charge in [-0.25, -0.2) is 0 Å². The second-order valence-electron chi connectivity index (χ2n) is 6.51. The summed E-state index contributed by atoms with van der Waals surface area (Å²) in [5.41, 5.74) is 1.84. The van der Waals surface area contributed by atoms with Gasteiger partial charge in [-0.2, -0.15) is 0 Å². The maximum absolute atomic E-state index is 6.08. The van der Waals surface area contributed by atoms with Crippen LogP contribution in [0.25, 0.3) is 0 Å². The molecule has 3 aliphatic rings. The van der Waals surface area contributed by atoms with Gasteiger partial charge in [0.05, 0.1) is 0 Å². The first kappa shape index (κ1) is 16.0. The molecule has 0 spiro atoms. The molecule has 1 fully saturated rings. The molecule has 3 rings (SSSR count). The van der Waals surface area contributed by atoms with Crippen molar-refractivity contribution in [3.63, 3.8) is 0 Å². The van der Waals surface area contributed by atoms with Crippen LogP contribution in [0.4, 0.5) is 0 Å². The van der Waals surface area contributed by atoms with E-state index in [0.717, 1.165) is 42.9 Å². The van der Waals surface area contributed by atoms with E-state index in [4.69, 9.17) is 8.37 Å². The predicted octanol–water partition coefficient (Wildman–Crippen LogP) is 4.23. The van der Waals surface area contributed by atoms with Crippen molar-refractivity contribution in [3.8, 4) is 11.8 Å². The lowest BCUT2D eigenvalue weighted by atomic mass is 9.81. The van der Waals surface area contributed by atoms with Gasteiger partial charge in [-0.3, -0.25) is 9.08 Å². The Morgan fingerprint density at radius 1 is 1.45 bits per heavy atom. The summed E-state index contributed by atoms with van der Waals surface area (Å²) in [5, 5.41) is 0. The van der Waals surface area contributed by atoms with Gasteiger partial charge >= 0.3 is 0 Å². The number of hydrogen-bond donors (Lipinski definition) is 0. The SMILES string of the molecule is CCCC#CC1=C[C@H](C)N2CCCCC2[C@@]2(C)OSOC=C12. The van der Waals surface area contributed by atoms with E-state index in [0.29, 0.717) is 12.1 Å². The Balaban J connectivity index is 2.03. The van der Waals surface area contributed by atoms with E-state index in [2.05, 4.69) is 43.6 Å². The van der Waals surface area contributed by atoms with Crippen molar-refractivity contribution in [2.24, 2.45) is 0 Å². The van der Waals surface area contributed by atoms with E-state index in [9.17, 15) is 0 Å². The first-order valence-electron chi connectivity index (χ1n) is 8.35. The van der Waals surface area contributed by atoms with Crippen LogP contribution in [0.5, 0.6) is 0 Å².